The summed E-state index contributed by atoms with van der Waals surface area (Å²) in [6.45, 7) is 0.719. The van der Waals surface area contributed by atoms with Crippen LogP contribution in [0.2, 0.25) is 0 Å². The van der Waals surface area contributed by atoms with Crippen LogP contribution < -0.4 is 9.47 Å². The highest BCUT2D eigenvalue weighted by atomic mass is 16.5. The molecular weight excluding hydrogens is 292 g/mol. The van der Waals surface area contributed by atoms with Crippen molar-refractivity contribution in [3.8, 4) is 22.8 Å². The summed E-state index contributed by atoms with van der Waals surface area (Å²) >= 11 is 0. The fourth-order valence-electron chi connectivity index (χ4n) is 3.18. The second-order valence-electron chi connectivity index (χ2n) is 5.73. The summed E-state index contributed by atoms with van der Waals surface area (Å²) in [5, 5.41) is 3.93. The number of rotatable bonds is 4. The molecule has 0 bridgehead atoms. The molecule has 0 atom stereocenters. The molecule has 0 unspecified atom stereocenters. The summed E-state index contributed by atoms with van der Waals surface area (Å²) in [7, 11) is 3.36. The van der Waals surface area contributed by atoms with Crippen molar-refractivity contribution in [2.24, 2.45) is 0 Å². The molecule has 2 aromatic heterocycles. The van der Waals surface area contributed by atoms with Gasteiger partial charge in [0.1, 0.15) is 11.5 Å². The van der Waals surface area contributed by atoms with E-state index in [0.29, 0.717) is 0 Å². The Morgan fingerprint density at radius 1 is 1.13 bits per heavy atom. The van der Waals surface area contributed by atoms with E-state index in [2.05, 4.69) is 22.1 Å². The van der Waals surface area contributed by atoms with Gasteiger partial charge in [0.25, 0.3) is 0 Å². The van der Waals surface area contributed by atoms with Crippen molar-refractivity contribution in [3.63, 3.8) is 0 Å². The highest BCUT2D eigenvalue weighted by Gasteiger charge is 2.22. The maximum atomic E-state index is 5.47. The van der Waals surface area contributed by atoms with E-state index in [9.17, 15) is 0 Å². The fourth-order valence-corrected chi connectivity index (χ4v) is 3.18. The molecule has 5 nitrogen and oxygen atoms in total. The molecule has 4 rings (SSSR count). The first-order valence-electron chi connectivity index (χ1n) is 7.62. The van der Waals surface area contributed by atoms with E-state index in [1.54, 1.807) is 14.2 Å². The van der Waals surface area contributed by atoms with Crippen LogP contribution in [0.25, 0.3) is 11.3 Å². The van der Waals surface area contributed by atoms with E-state index in [1.165, 1.54) is 11.1 Å². The monoisotopic (exact) mass is 310 g/mol. The molecule has 0 amide bonds. The molecule has 0 radical (unpaired) electrons. The van der Waals surface area contributed by atoms with Gasteiger partial charge in [0.05, 0.1) is 27.0 Å². The van der Waals surface area contributed by atoms with E-state index in [-0.39, 0.29) is 0 Å². The van der Waals surface area contributed by atoms with Crippen LogP contribution in [-0.4, -0.2) is 23.9 Å². The first-order chi connectivity index (χ1) is 11.3. The highest BCUT2D eigenvalue weighted by Crippen LogP contribution is 2.34. The van der Waals surface area contributed by atoms with E-state index in [0.717, 1.165) is 47.8 Å². The van der Waals surface area contributed by atoms with Gasteiger partial charge >= 0.3 is 0 Å². The van der Waals surface area contributed by atoms with Crippen molar-refractivity contribution in [1.82, 2.24) is 9.72 Å². The lowest BCUT2D eigenvalue weighted by molar-refractivity contribution is 0.397. The van der Waals surface area contributed by atoms with Crippen molar-refractivity contribution < 1.29 is 14.0 Å². The lowest BCUT2D eigenvalue weighted by Gasteiger charge is -2.11. The normalized spacial score (nSPS) is 12.6. The van der Waals surface area contributed by atoms with Gasteiger partial charge in [0.15, 0.2) is 5.76 Å². The zero-order valence-corrected chi connectivity index (χ0v) is 13.2. The minimum Gasteiger partial charge on any atom is -0.497 e. The first-order valence-corrected chi connectivity index (χ1v) is 7.62. The molecule has 0 N–H and O–H groups in total. The summed E-state index contributed by atoms with van der Waals surface area (Å²) in [4.78, 5) is 0. The topological polar surface area (TPSA) is 49.4 Å². The molecule has 118 valence electrons. The molecule has 1 aromatic carbocycles. The molecule has 0 aliphatic heterocycles. The third-order valence-electron chi connectivity index (χ3n) is 4.36. The SMILES string of the molecule is COc1ccc(OC)c(Cn2cc3c(c2)-c2oncc2CC3)c1. The standard InChI is InChI=1S/C18H18N2O3/c1-21-15-5-6-17(22-2)14(7-15)10-20-9-13-4-3-12-8-19-23-18(12)16(13)11-20/h5-9,11H,3-4,10H2,1-2H3. The molecule has 5 heteroatoms. The number of fused-ring (bicyclic) bond motifs is 3. The number of hydrogen-bond donors (Lipinski definition) is 0. The van der Waals surface area contributed by atoms with Crippen LogP contribution in [0.3, 0.4) is 0 Å². The van der Waals surface area contributed by atoms with Crippen LogP contribution in [0.1, 0.15) is 16.7 Å². The maximum Gasteiger partial charge on any atom is 0.171 e. The van der Waals surface area contributed by atoms with Gasteiger partial charge < -0.3 is 18.6 Å². The second kappa shape index (κ2) is 5.50. The Morgan fingerprint density at radius 2 is 2.00 bits per heavy atom. The first kappa shape index (κ1) is 13.9. The molecule has 2 heterocycles. The Labute approximate surface area is 134 Å². The van der Waals surface area contributed by atoms with Crippen LogP contribution in [-0.2, 0) is 19.4 Å². The van der Waals surface area contributed by atoms with Gasteiger partial charge in [-0.25, -0.2) is 0 Å². The average molecular weight is 310 g/mol. The van der Waals surface area contributed by atoms with Gasteiger partial charge in [0, 0.05) is 29.1 Å². The van der Waals surface area contributed by atoms with Crippen molar-refractivity contribution in [1.29, 1.82) is 0 Å². The number of hydrogen-bond acceptors (Lipinski definition) is 4. The van der Waals surface area contributed by atoms with Gasteiger partial charge in [-0.05, 0) is 36.6 Å². The average Bonchev–Trinajstić information content (AvgIpc) is 3.19. The number of benzene rings is 1. The predicted molar refractivity (Wildman–Crippen MR) is 86.0 cm³/mol. The van der Waals surface area contributed by atoms with Crippen LogP contribution in [0.15, 0.2) is 41.3 Å². The zero-order valence-electron chi connectivity index (χ0n) is 13.2. The van der Waals surface area contributed by atoms with Crippen LogP contribution >= 0.6 is 0 Å². The summed E-state index contributed by atoms with van der Waals surface area (Å²) < 4.78 is 18.4. The Hall–Kier alpha value is -2.69. The second-order valence-corrected chi connectivity index (χ2v) is 5.73. The molecule has 0 fully saturated rings. The van der Waals surface area contributed by atoms with Crippen LogP contribution in [0, 0.1) is 0 Å². The lowest BCUT2D eigenvalue weighted by atomic mass is 9.95. The molecular formula is C18H18N2O3. The Kier molecular flexibility index (Phi) is 3.33. The van der Waals surface area contributed by atoms with Crippen molar-refractivity contribution >= 4 is 0 Å². The van der Waals surface area contributed by atoms with Gasteiger partial charge in [-0.2, -0.15) is 0 Å². The van der Waals surface area contributed by atoms with Crippen molar-refractivity contribution in [3.05, 3.63) is 53.5 Å². The molecule has 1 aliphatic rings. The Morgan fingerprint density at radius 3 is 2.83 bits per heavy atom. The summed E-state index contributed by atoms with van der Waals surface area (Å²) in [5.74, 6) is 2.59. The van der Waals surface area contributed by atoms with E-state index in [1.807, 2.05) is 24.4 Å². The quantitative estimate of drug-likeness (QED) is 0.742. The summed E-state index contributed by atoms with van der Waals surface area (Å²) in [6, 6.07) is 5.85. The third-order valence-corrected chi connectivity index (χ3v) is 4.36. The minimum absolute atomic E-state index is 0.719. The van der Waals surface area contributed by atoms with Crippen molar-refractivity contribution in [2.45, 2.75) is 19.4 Å². The van der Waals surface area contributed by atoms with Gasteiger partial charge in [0.2, 0.25) is 0 Å². The summed E-state index contributed by atoms with van der Waals surface area (Å²) in [6.07, 6.45) is 8.13. The number of aryl methyl sites for hydroxylation is 2. The number of aromatic nitrogens is 2. The van der Waals surface area contributed by atoms with Gasteiger partial charge in [-0.1, -0.05) is 5.16 Å². The maximum absolute atomic E-state index is 5.47. The number of ether oxygens (including phenoxy) is 2. The molecule has 0 saturated carbocycles. The third kappa shape index (κ3) is 2.38. The summed E-state index contributed by atoms with van der Waals surface area (Å²) in [5.41, 5.74) is 4.72. The Bertz CT molecular complexity index is 848. The largest absolute Gasteiger partial charge is 0.497 e. The number of nitrogens with zero attached hydrogens (tertiary/aromatic N) is 2. The zero-order chi connectivity index (χ0) is 15.8. The predicted octanol–water partition coefficient (Wildman–Crippen LogP) is 3.31. The van der Waals surface area contributed by atoms with Crippen LogP contribution in [0.5, 0.6) is 11.5 Å². The molecule has 0 spiro atoms. The molecule has 1 aliphatic carbocycles. The molecule has 23 heavy (non-hydrogen) atoms. The highest BCUT2D eigenvalue weighted by molar-refractivity contribution is 5.67. The van der Waals surface area contributed by atoms with E-state index in [4.69, 9.17) is 14.0 Å². The van der Waals surface area contributed by atoms with Crippen molar-refractivity contribution in [2.75, 3.05) is 14.2 Å². The lowest BCUT2D eigenvalue weighted by Crippen LogP contribution is -2.00. The van der Waals surface area contributed by atoms with E-state index >= 15 is 0 Å². The van der Waals surface area contributed by atoms with E-state index < -0.39 is 0 Å². The Balaban J connectivity index is 1.69. The number of methoxy groups -OCH3 is 2. The molecule has 0 saturated heterocycles. The van der Waals surface area contributed by atoms with Gasteiger partial charge in [-0.3, -0.25) is 0 Å². The van der Waals surface area contributed by atoms with Gasteiger partial charge in [-0.15, -0.1) is 0 Å². The molecule has 3 aromatic rings. The minimum atomic E-state index is 0.719. The fraction of sp³-hybridized carbons (Fsp3) is 0.278. The smallest absolute Gasteiger partial charge is 0.171 e. The van der Waals surface area contributed by atoms with Crippen LogP contribution in [0.4, 0.5) is 0 Å².